The predicted octanol–water partition coefficient (Wildman–Crippen LogP) is 4.66. The van der Waals surface area contributed by atoms with Crippen molar-refractivity contribution in [2.75, 3.05) is 5.32 Å². The molecule has 3 rings (SSSR count). The molecule has 0 saturated heterocycles. The number of nitrogens with zero attached hydrogens (tertiary/aromatic N) is 2. The number of rotatable bonds is 3. The van der Waals surface area contributed by atoms with Gasteiger partial charge in [-0.25, -0.2) is 0 Å². The molecule has 0 aliphatic rings. The lowest BCUT2D eigenvalue weighted by atomic mass is 10.1. The van der Waals surface area contributed by atoms with Gasteiger partial charge in [-0.3, -0.25) is 4.79 Å². The molecule has 2 aromatic carbocycles. The van der Waals surface area contributed by atoms with E-state index in [-0.39, 0.29) is 5.91 Å². The minimum Gasteiger partial charge on any atom is -0.339 e. The van der Waals surface area contributed by atoms with E-state index in [0.29, 0.717) is 28.5 Å². The molecule has 23 heavy (non-hydrogen) atoms. The number of nitrogens with one attached hydrogen (secondary N) is 1. The van der Waals surface area contributed by atoms with Gasteiger partial charge in [0.1, 0.15) is 0 Å². The van der Waals surface area contributed by atoms with Crippen LogP contribution < -0.4 is 5.32 Å². The van der Waals surface area contributed by atoms with Gasteiger partial charge in [-0.2, -0.15) is 4.98 Å². The van der Waals surface area contributed by atoms with Crippen LogP contribution in [0.1, 0.15) is 16.2 Å². The largest absolute Gasteiger partial charge is 0.339 e. The fraction of sp³-hybridized carbons (Fsp3) is 0.0625. The van der Waals surface area contributed by atoms with Crippen LogP contribution in [0.15, 0.2) is 51.5 Å². The van der Waals surface area contributed by atoms with Crippen molar-refractivity contribution in [2.45, 2.75) is 6.92 Å². The van der Waals surface area contributed by atoms with Gasteiger partial charge in [-0.15, -0.1) is 0 Å². The Balaban J connectivity index is 1.94. The Morgan fingerprint density at radius 1 is 1.26 bits per heavy atom. The van der Waals surface area contributed by atoms with Gasteiger partial charge in [0, 0.05) is 20.5 Å². The first-order valence-corrected chi connectivity index (χ1v) is 8.58. The predicted molar refractivity (Wildman–Crippen MR) is 99.3 cm³/mol. The fourth-order valence-corrected chi connectivity index (χ4v) is 3.00. The molecule has 0 bridgehead atoms. The zero-order valence-electron chi connectivity index (χ0n) is 12.0. The van der Waals surface area contributed by atoms with Crippen LogP contribution in [0.2, 0.25) is 0 Å². The summed E-state index contributed by atoms with van der Waals surface area (Å²) in [5.74, 6) is 0.730. The maximum atomic E-state index is 12.6. The van der Waals surface area contributed by atoms with Crippen LogP contribution in [0.5, 0.6) is 0 Å². The Kier molecular flexibility index (Phi) is 4.76. The maximum absolute atomic E-state index is 12.6. The maximum Gasteiger partial charge on any atom is 0.256 e. The number of carbonyl (C=O) groups excluding carboxylic acids is 1. The van der Waals surface area contributed by atoms with Gasteiger partial charge < -0.3 is 9.84 Å². The molecule has 1 amide bonds. The summed E-state index contributed by atoms with van der Waals surface area (Å²) in [4.78, 5) is 16.8. The number of aryl methyl sites for hydroxylation is 1. The van der Waals surface area contributed by atoms with E-state index in [9.17, 15) is 4.79 Å². The minimum absolute atomic E-state index is 0.191. The van der Waals surface area contributed by atoms with Crippen molar-refractivity contribution in [2.24, 2.45) is 0 Å². The molecule has 0 aliphatic heterocycles. The Morgan fingerprint density at radius 3 is 2.78 bits per heavy atom. The van der Waals surface area contributed by atoms with Gasteiger partial charge >= 0.3 is 0 Å². The molecule has 1 N–H and O–H groups in total. The second-order valence-corrected chi connectivity index (χ2v) is 6.84. The number of halogens is 2. The number of para-hydroxylation sites is 1. The number of benzene rings is 2. The minimum atomic E-state index is -0.191. The molecule has 0 unspecified atom stereocenters. The Labute approximate surface area is 154 Å². The van der Waals surface area contributed by atoms with Crippen LogP contribution in [0, 0.1) is 10.5 Å². The van der Waals surface area contributed by atoms with Gasteiger partial charge in [-0.1, -0.05) is 33.2 Å². The summed E-state index contributed by atoms with van der Waals surface area (Å²) in [6.45, 7) is 1.72. The summed E-state index contributed by atoms with van der Waals surface area (Å²) in [5.41, 5.74) is 1.94. The lowest BCUT2D eigenvalue weighted by Crippen LogP contribution is -2.14. The SMILES string of the molecule is Cc1nc(-c2ccccc2NC(=O)c2cc(Br)ccc2I)no1. The molecule has 7 heteroatoms. The summed E-state index contributed by atoms with van der Waals surface area (Å²) in [7, 11) is 0. The fourth-order valence-electron chi connectivity index (χ4n) is 2.06. The van der Waals surface area contributed by atoms with Crippen molar-refractivity contribution >= 4 is 50.1 Å². The van der Waals surface area contributed by atoms with Crippen molar-refractivity contribution in [1.29, 1.82) is 0 Å². The van der Waals surface area contributed by atoms with Crippen LogP contribution in [0.4, 0.5) is 5.69 Å². The standard InChI is InChI=1S/C16H11BrIN3O2/c1-9-19-15(21-23-9)11-4-2-3-5-14(11)20-16(22)12-8-10(17)6-7-13(12)18/h2-8H,1H3,(H,20,22). The smallest absolute Gasteiger partial charge is 0.256 e. The van der Waals surface area contributed by atoms with E-state index in [4.69, 9.17) is 4.52 Å². The first-order valence-electron chi connectivity index (χ1n) is 6.70. The quantitative estimate of drug-likeness (QED) is 0.550. The highest BCUT2D eigenvalue weighted by Crippen LogP contribution is 2.27. The Morgan fingerprint density at radius 2 is 2.04 bits per heavy atom. The van der Waals surface area contributed by atoms with E-state index in [1.807, 2.05) is 36.4 Å². The highest BCUT2D eigenvalue weighted by molar-refractivity contribution is 14.1. The zero-order chi connectivity index (χ0) is 16.4. The lowest BCUT2D eigenvalue weighted by Gasteiger charge is -2.10. The Hall–Kier alpha value is -1.74. The molecule has 0 radical (unpaired) electrons. The van der Waals surface area contributed by atoms with Crippen molar-refractivity contribution < 1.29 is 9.32 Å². The number of hydrogen-bond donors (Lipinski definition) is 1. The molecular formula is C16H11BrIN3O2. The van der Waals surface area contributed by atoms with Gasteiger partial charge in [-0.05, 0) is 52.9 Å². The number of anilines is 1. The summed E-state index contributed by atoms with van der Waals surface area (Å²) < 4.78 is 6.74. The van der Waals surface area contributed by atoms with Crippen molar-refractivity contribution in [3.63, 3.8) is 0 Å². The van der Waals surface area contributed by atoms with Crippen LogP contribution in [-0.2, 0) is 0 Å². The van der Waals surface area contributed by atoms with E-state index in [1.165, 1.54) is 0 Å². The van der Waals surface area contributed by atoms with E-state index in [0.717, 1.165) is 8.04 Å². The first-order chi connectivity index (χ1) is 11.0. The zero-order valence-corrected chi connectivity index (χ0v) is 15.8. The summed E-state index contributed by atoms with van der Waals surface area (Å²) in [5, 5.41) is 6.83. The number of hydrogen-bond acceptors (Lipinski definition) is 4. The van der Waals surface area contributed by atoms with E-state index < -0.39 is 0 Å². The molecule has 3 aromatic rings. The summed E-state index contributed by atoms with van der Waals surface area (Å²) in [6.07, 6.45) is 0. The number of amides is 1. The van der Waals surface area contributed by atoms with Crippen LogP contribution in [0.3, 0.4) is 0 Å². The van der Waals surface area contributed by atoms with Crippen molar-refractivity contribution in [3.8, 4) is 11.4 Å². The summed E-state index contributed by atoms with van der Waals surface area (Å²) >= 11 is 5.53. The molecule has 0 fully saturated rings. The molecule has 5 nitrogen and oxygen atoms in total. The van der Waals surface area contributed by atoms with E-state index >= 15 is 0 Å². The molecular weight excluding hydrogens is 473 g/mol. The molecule has 1 heterocycles. The van der Waals surface area contributed by atoms with E-state index in [1.54, 1.807) is 13.0 Å². The number of carbonyl (C=O) groups is 1. The third-order valence-corrected chi connectivity index (χ3v) is 4.55. The van der Waals surface area contributed by atoms with Gasteiger partial charge in [0.25, 0.3) is 5.91 Å². The normalized spacial score (nSPS) is 10.6. The highest BCUT2D eigenvalue weighted by atomic mass is 127. The average molecular weight is 484 g/mol. The monoisotopic (exact) mass is 483 g/mol. The molecule has 0 saturated carbocycles. The lowest BCUT2D eigenvalue weighted by molar-refractivity contribution is 0.102. The molecule has 116 valence electrons. The Bertz CT molecular complexity index is 879. The third-order valence-electron chi connectivity index (χ3n) is 3.12. The third kappa shape index (κ3) is 3.61. The van der Waals surface area contributed by atoms with E-state index in [2.05, 4.69) is 54.0 Å². The topological polar surface area (TPSA) is 68.0 Å². The molecule has 1 aromatic heterocycles. The average Bonchev–Trinajstić information content (AvgIpc) is 2.96. The van der Waals surface area contributed by atoms with Gasteiger partial charge in [0.2, 0.25) is 11.7 Å². The highest BCUT2D eigenvalue weighted by Gasteiger charge is 2.15. The summed E-state index contributed by atoms with van der Waals surface area (Å²) in [6, 6.07) is 12.9. The van der Waals surface area contributed by atoms with Crippen molar-refractivity contribution in [3.05, 3.63) is 62.0 Å². The van der Waals surface area contributed by atoms with Gasteiger partial charge in [0.15, 0.2) is 0 Å². The van der Waals surface area contributed by atoms with Crippen LogP contribution in [-0.4, -0.2) is 16.0 Å². The number of aromatic nitrogens is 2. The second-order valence-electron chi connectivity index (χ2n) is 4.76. The van der Waals surface area contributed by atoms with Crippen molar-refractivity contribution in [1.82, 2.24) is 10.1 Å². The molecule has 0 aliphatic carbocycles. The van der Waals surface area contributed by atoms with Crippen LogP contribution >= 0.6 is 38.5 Å². The van der Waals surface area contributed by atoms with Gasteiger partial charge in [0.05, 0.1) is 11.3 Å². The second kappa shape index (κ2) is 6.79. The molecule has 0 spiro atoms. The molecule has 0 atom stereocenters. The first kappa shape index (κ1) is 16.1. The van der Waals surface area contributed by atoms with Crippen LogP contribution in [0.25, 0.3) is 11.4 Å².